The minimum Gasteiger partial charge on any atom is -0.381 e. The summed E-state index contributed by atoms with van der Waals surface area (Å²) in [6, 6.07) is 3.57. The first-order chi connectivity index (χ1) is 8.46. The normalized spacial score (nSPS) is 25.0. The Labute approximate surface area is 116 Å². The Bertz CT molecular complexity index is 603. The van der Waals surface area contributed by atoms with Crippen LogP contribution in [0, 0.1) is 0 Å². The molecule has 7 heteroatoms. The molecule has 3 rings (SSSR count). The lowest BCUT2D eigenvalue weighted by molar-refractivity contribution is 0.559. The average molecular weight is 307 g/mol. The summed E-state index contributed by atoms with van der Waals surface area (Å²) < 4.78 is 23.3. The lowest BCUT2D eigenvalue weighted by Crippen LogP contribution is -2.54. The Kier molecular flexibility index (Phi) is 2.88. The van der Waals surface area contributed by atoms with Crippen molar-refractivity contribution in [1.82, 2.24) is 0 Å². The van der Waals surface area contributed by atoms with Gasteiger partial charge >= 0.3 is 0 Å². The Morgan fingerprint density at radius 2 is 2.00 bits per heavy atom. The number of nitrogens with zero attached hydrogens (tertiary/aromatic N) is 1. The second-order valence-electron chi connectivity index (χ2n) is 4.63. The van der Waals surface area contributed by atoms with Gasteiger partial charge in [-0.1, -0.05) is 23.2 Å². The summed E-state index contributed by atoms with van der Waals surface area (Å²) >= 11 is 12.0. The standard InChI is InChI=1S/C11H12Cl2N2O2S/c12-8-3-10-11(4-9(8)13)15-1-2-18(16,17)6-7(15)5-14-10/h3-4,7,14H,1-2,5-6H2. The van der Waals surface area contributed by atoms with Crippen molar-refractivity contribution < 1.29 is 8.42 Å². The molecule has 2 aliphatic rings. The van der Waals surface area contributed by atoms with E-state index in [4.69, 9.17) is 23.2 Å². The highest BCUT2D eigenvalue weighted by Gasteiger charge is 2.35. The Hall–Kier alpha value is -0.650. The van der Waals surface area contributed by atoms with E-state index in [1.807, 2.05) is 0 Å². The zero-order valence-corrected chi connectivity index (χ0v) is 11.8. The second-order valence-corrected chi connectivity index (χ2v) is 7.67. The minimum absolute atomic E-state index is 0.0199. The summed E-state index contributed by atoms with van der Waals surface area (Å²) in [5, 5.41) is 4.22. The van der Waals surface area contributed by atoms with E-state index in [-0.39, 0.29) is 17.5 Å². The third kappa shape index (κ3) is 2.04. The number of halogens is 2. The molecule has 98 valence electrons. The van der Waals surface area contributed by atoms with Gasteiger partial charge in [-0.2, -0.15) is 0 Å². The van der Waals surface area contributed by atoms with Crippen LogP contribution in [0.2, 0.25) is 10.0 Å². The molecule has 0 spiro atoms. The van der Waals surface area contributed by atoms with E-state index in [9.17, 15) is 8.42 Å². The maximum atomic E-state index is 11.6. The van der Waals surface area contributed by atoms with Crippen LogP contribution >= 0.6 is 23.2 Å². The lowest BCUT2D eigenvalue weighted by Gasteiger charge is -2.42. The summed E-state index contributed by atoms with van der Waals surface area (Å²) in [4.78, 5) is 2.11. The number of anilines is 2. The molecule has 2 heterocycles. The smallest absolute Gasteiger partial charge is 0.154 e. The fraction of sp³-hybridized carbons (Fsp3) is 0.455. The van der Waals surface area contributed by atoms with E-state index in [1.165, 1.54) is 0 Å². The fourth-order valence-corrected chi connectivity index (χ4v) is 4.36. The van der Waals surface area contributed by atoms with Crippen molar-refractivity contribution in [2.75, 3.05) is 34.8 Å². The molecule has 0 aliphatic carbocycles. The number of sulfone groups is 1. The van der Waals surface area contributed by atoms with Gasteiger partial charge in [-0.05, 0) is 12.1 Å². The summed E-state index contributed by atoms with van der Waals surface area (Å²) in [6.07, 6.45) is 0. The summed E-state index contributed by atoms with van der Waals surface area (Å²) in [7, 11) is -2.91. The summed E-state index contributed by atoms with van der Waals surface area (Å²) in [6.45, 7) is 1.13. The van der Waals surface area contributed by atoms with E-state index in [1.54, 1.807) is 12.1 Å². The molecule has 0 aromatic heterocycles. The molecule has 0 radical (unpaired) electrons. The number of fused-ring (bicyclic) bond motifs is 3. The van der Waals surface area contributed by atoms with E-state index in [0.29, 0.717) is 23.1 Å². The Balaban J connectivity index is 2.01. The molecule has 4 nitrogen and oxygen atoms in total. The topological polar surface area (TPSA) is 49.4 Å². The van der Waals surface area contributed by atoms with Crippen LogP contribution in [-0.2, 0) is 9.84 Å². The van der Waals surface area contributed by atoms with Crippen molar-refractivity contribution in [2.24, 2.45) is 0 Å². The zero-order valence-electron chi connectivity index (χ0n) is 9.49. The number of rotatable bonds is 0. The Morgan fingerprint density at radius 1 is 1.28 bits per heavy atom. The van der Waals surface area contributed by atoms with Gasteiger partial charge in [-0.3, -0.25) is 0 Å². The molecule has 1 N–H and O–H groups in total. The fourth-order valence-electron chi connectivity index (χ4n) is 2.52. The highest BCUT2D eigenvalue weighted by Crippen LogP contribution is 2.39. The van der Waals surface area contributed by atoms with Crippen LogP contribution in [0.4, 0.5) is 11.4 Å². The monoisotopic (exact) mass is 306 g/mol. The number of nitrogens with one attached hydrogen (secondary N) is 1. The molecule has 18 heavy (non-hydrogen) atoms. The Morgan fingerprint density at radius 3 is 2.78 bits per heavy atom. The summed E-state index contributed by atoms with van der Waals surface area (Å²) in [5.41, 5.74) is 1.86. The molecule has 0 saturated carbocycles. The van der Waals surface area contributed by atoms with E-state index < -0.39 is 9.84 Å². The van der Waals surface area contributed by atoms with Gasteiger partial charge in [0.05, 0.1) is 39.0 Å². The van der Waals surface area contributed by atoms with Crippen LogP contribution in [0.25, 0.3) is 0 Å². The quantitative estimate of drug-likeness (QED) is 0.797. The van der Waals surface area contributed by atoms with Gasteiger partial charge in [-0.25, -0.2) is 8.42 Å². The largest absolute Gasteiger partial charge is 0.381 e. The third-order valence-corrected chi connectivity index (χ3v) is 5.83. The van der Waals surface area contributed by atoms with Gasteiger partial charge in [0, 0.05) is 13.1 Å². The van der Waals surface area contributed by atoms with E-state index in [0.717, 1.165) is 11.4 Å². The molecule has 1 saturated heterocycles. The maximum absolute atomic E-state index is 11.6. The minimum atomic E-state index is -2.91. The highest BCUT2D eigenvalue weighted by atomic mass is 35.5. The second kappa shape index (κ2) is 4.18. The highest BCUT2D eigenvalue weighted by molar-refractivity contribution is 7.91. The lowest BCUT2D eigenvalue weighted by atomic mass is 10.1. The van der Waals surface area contributed by atoms with Gasteiger partial charge in [0.1, 0.15) is 0 Å². The molecule has 1 atom stereocenters. The molecular formula is C11H12Cl2N2O2S. The molecule has 1 fully saturated rings. The molecular weight excluding hydrogens is 295 g/mol. The van der Waals surface area contributed by atoms with Crippen LogP contribution < -0.4 is 10.2 Å². The van der Waals surface area contributed by atoms with Crippen molar-refractivity contribution in [3.05, 3.63) is 22.2 Å². The predicted molar refractivity (Wildman–Crippen MR) is 74.7 cm³/mol. The molecule has 1 aromatic carbocycles. The van der Waals surface area contributed by atoms with Crippen LogP contribution in [0.15, 0.2) is 12.1 Å². The zero-order chi connectivity index (χ0) is 12.9. The number of hydrogen-bond donors (Lipinski definition) is 1. The van der Waals surface area contributed by atoms with Crippen LogP contribution in [0.5, 0.6) is 0 Å². The first-order valence-electron chi connectivity index (χ1n) is 5.66. The number of benzene rings is 1. The molecule has 0 bridgehead atoms. The van der Waals surface area contributed by atoms with Gasteiger partial charge in [0.15, 0.2) is 9.84 Å². The van der Waals surface area contributed by atoms with Crippen molar-refractivity contribution in [1.29, 1.82) is 0 Å². The molecule has 1 aromatic rings. The van der Waals surface area contributed by atoms with Crippen molar-refractivity contribution in [2.45, 2.75) is 6.04 Å². The summed E-state index contributed by atoms with van der Waals surface area (Å²) in [5.74, 6) is 0.392. The predicted octanol–water partition coefficient (Wildman–Crippen LogP) is 2.02. The van der Waals surface area contributed by atoms with Crippen LogP contribution in [-0.4, -0.2) is 39.1 Å². The first-order valence-corrected chi connectivity index (χ1v) is 8.24. The van der Waals surface area contributed by atoms with E-state index >= 15 is 0 Å². The van der Waals surface area contributed by atoms with Crippen molar-refractivity contribution in [3.8, 4) is 0 Å². The van der Waals surface area contributed by atoms with Crippen molar-refractivity contribution in [3.63, 3.8) is 0 Å². The molecule has 1 unspecified atom stereocenters. The molecule has 0 amide bonds. The third-order valence-electron chi connectivity index (χ3n) is 3.41. The molecule has 2 aliphatic heterocycles. The van der Waals surface area contributed by atoms with Gasteiger partial charge < -0.3 is 10.2 Å². The maximum Gasteiger partial charge on any atom is 0.154 e. The number of hydrogen-bond acceptors (Lipinski definition) is 4. The van der Waals surface area contributed by atoms with Gasteiger partial charge in [-0.15, -0.1) is 0 Å². The van der Waals surface area contributed by atoms with Gasteiger partial charge in [0.2, 0.25) is 0 Å². The SMILES string of the molecule is O=S1(=O)CCN2c3cc(Cl)c(Cl)cc3NCC2C1. The van der Waals surface area contributed by atoms with Gasteiger partial charge in [0.25, 0.3) is 0 Å². The van der Waals surface area contributed by atoms with Crippen LogP contribution in [0.1, 0.15) is 0 Å². The first kappa shape index (κ1) is 12.4. The average Bonchev–Trinajstić information content (AvgIpc) is 2.29. The van der Waals surface area contributed by atoms with Crippen LogP contribution in [0.3, 0.4) is 0 Å². The van der Waals surface area contributed by atoms with Crippen molar-refractivity contribution >= 4 is 44.4 Å². The van der Waals surface area contributed by atoms with E-state index in [2.05, 4.69) is 10.2 Å².